The van der Waals surface area contributed by atoms with Crippen molar-refractivity contribution >= 4 is 11.6 Å². The van der Waals surface area contributed by atoms with E-state index >= 15 is 0 Å². The lowest BCUT2D eigenvalue weighted by molar-refractivity contribution is 0.691. The monoisotopic (exact) mass is 386 g/mol. The van der Waals surface area contributed by atoms with Crippen LogP contribution in [0.1, 0.15) is 34.5 Å². The highest BCUT2D eigenvalue weighted by molar-refractivity contribution is 6.17. The largest absolute Gasteiger partial charge is 0.347 e. The number of rotatable bonds is 7. The van der Waals surface area contributed by atoms with E-state index in [1.54, 1.807) is 0 Å². The number of alkyl halides is 1. The lowest BCUT2D eigenvalue weighted by Gasteiger charge is -2.34. The van der Waals surface area contributed by atoms with Crippen LogP contribution in [0.2, 0.25) is 0 Å². The number of nitrogens with zero attached hydrogens (tertiary/aromatic N) is 1. The maximum absolute atomic E-state index is 5.87. The molecule has 2 nitrogen and oxygen atoms in total. The number of aromatic nitrogens is 2. The third kappa shape index (κ3) is 3.36. The zero-order valence-corrected chi connectivity index (χ0v) is 16.4. The number of benzene rings is 3. The molecule has 0 aliphatic rings. The number of nitrogens with one attached hydrogen (secondary N) is 1. The summed E-state index contributed by atoms with van der Waals surface area (Å²) in [7, 11) is 0. The van der Waals surface area contributed by atoms with Crippen LogP contribution in [0.25, 0.3) is 0 Å². The first-order valence-electron chi connectivity index (χ1n) is 9.62. The first-order valence-corrected chi connectivity index (χ1v) is 10.2. The quantitative estimate of drug-likeness (QED) is 0.308. The van der Waals surface area contributed by atoms with E-state index in [4.69, 9.17) is 16.6 Å². The van der Waals surface area contributed by atoms with Gasteiger partial charge in [-0.05, 0) is 35.1 Å². The van der Waals surface area contributed by atoms with Crippen molar-refractivity contribution in [2.75, 3.05) is 5.88 Å². The second-order valence-electron chi connectivity index (χ2n) is 6.91. The zero-order chi connectivity index (χ0) is 19.2. The van der Waals surface area contributed by atoms with Gasteiger partial charge in [-0.15, -0.1) is 11.6 Å². The molecule has 0 bridgehead atoms. The van der Waals surface area contributed by atoms with Crippen LogP contribution in [-0.2, 0) is 11.8 Å². The van der Waals surface area contributed by atoms with Gasteiger partial charge in [0, 0.05) is 18.3 Å². The van der Waals surface area contributed by atoms with Crippen molar-refractivity contribution in [1.29, 1.82) is 0 Å². The summed E-state index contributed by atoms with van der Waals surface area (Å²) in [6, 6.07) is 30.1. The van der Waals surface area contributed by atoms with Crippen LogP contribution >= 0.6 is 11.6 Å². The Morgan fingerprint density at radius 1 is 0.750 bits per heavy atom. The number of halogens is 1. The van der Waals surface area contributed by atoms with Crippen LogP contribution in [0, 0.1) is 0 Å². The molecule has 1 aromatic heterocycles. The van der Waals surface area contributed by atoms with Crippen LogP contribution in [0.15, 0.2) is 97.3 Å². The lowest BCUT2D eigenvalue weighted by atomic mass is 9.68. The van der Waals surface area contributed by atoms with Gasteiger partial charge in [0.05, 0.1) is 0 Å². The maximum atomic E-state index is 5.87. The van der Waals surface area contributed by atoms with Gasteiger partial charge in [0.25, 0.3) is 0 Å². The van der Waals surface area contributed by atoms with E-state index in [0.717, 1.165) is 18.7 Å². The number of imidazole rings is 1. The Hall–Kier alpha value is -2.84. The molecule has 0 saturated carbocycles. The topological polar surface area (TPSA) is 28.7 Å². The molecule has 3 heteroatoms. The molecule has 4 rings (SSSR count). The van der Waals surface area contributed by atoms with Crippen molar-refractivity contribution in [3.8, 4) is 0 Å². The predicted octanol–water partition coefficient (Wildman–Crippen LogP) is 5.96. The maximum Gasteiger partial charge on any atom is 0.125 e. The standard InChI is InChI=1S/C25H23ClN2/c26-17-7-8-20-13-15-23(16-14-20)25(24-27-18-19-28-24,21-9-3-1-4-10-21)22-11-5-2-6-12-22/h1-6,9-16,18-19H,7-8,17H2,(H,27,28). The van der Waals surface area contributed by atoms with Crippen molar-refractivity contribution in [3.63, 3.8) is 0 Å². The highest BCUT2D eigenvalue weighted by Gasteiger charge is 2.40. The third-order valence-corrected chi connectivity index (χ3v) is 5.52. The van der Waals surface area contributed by atoms with Crippen LogP contribution in [0.4, 0.5) is 0 Å². The summed E-state index contributed by atoms with van der Waals surface area (Å²) >= 11 is 5.87. The second kappa shape index (κ2) is 8.45. The Bertz CT molecular complexity index is 938. The molecule has 0 unspecified atom stereocenters. The van der Waals surface area contributed by atoms with Gasteiger partial charge >= 0.3 is 0 Å². The van der Waals surface area contributed by atoms with E-state index in [2.05, 4.69) is 89.9 Å². The average Bonchev–Trinajstić information content (AvgIpc) is 3.30. The van der Waals surface area contributed by atoms with Crippen molar-refractivity contribution in [2.24, 2.45) is 0 Å². The van der Waals surface area contributed by atoms with Crippen LogP contribution in [-0.4, -0.2) is 15.8 Å². The zero-order valence-electron chi connectivity index (χ0n) is 15.7. The van der Waals surface area contributed by atoms with Gasteiger partial charge < -0.3 is 4.98 Å². The van der Waals surface area contributed by atoms with Gasteiger partial charge in [0.2, 0.25) is 0 Å². The molecule has 0 radical (unpaired) electrons. The van der Waals surface area contributed by atoms with Crippen LogP contribution < -0.4 is 0 Å². The normalized spacial score (nSPS) is 11.5. The molecule has 0 aliphatic heterocycles. The Labute approximate surface area is 171 Å². The van der Waals surface area contributed by atoms with Gasteiger partial charge in [-0.2, -0.15) is 0 Å². The summed E-state index contributed by atoms with van der Waals surface area (Å²) in [5, 5.41) is 0. The minimum atomic E-state index is -0.503. The minimum Gasteiger partial charge on any atom is -0.347 e. The fraction of sp³-hybridized carbons (Fsp3) is 0.160. The first-order chi connectivity index (χ1) is 13.9. The van der Waals surface area contributed by atoms with Crippen molar-refractivity contribution in [2.45, 2.75) is 18.3 Å². The average molecular weight is 387 g/mol. The van der Waals surface area contributed by atoms with Gasteiger partial charge in [-0.1, -0.05) is 84.9 Å². The second-order valence-corrected chi connectivity index (χ2v) is 7.29. The molecular formula is C25H23ClN2. The molecule has 0 atom stereocenters. The van der Waals surface area contributed by atoms with Crippen LogP contribution in [0.3, 0.4) is 0 Å². The summed E-state index contributed by atoms with van der Waals surface area (Å²) in [6.07, 6.45) is 5.70. The number of aromatic amines is 1. The van der Waals surface area contributed by atoms with E-state index in [1.807, 2.05) is 12.4 Å². The molecule has 3 aromatic carbocycles. The number of hydrogen-bond donors (Lipinski definition) is 1. The Morgan fingerprint density at radius 2 is 1.32 bits per heavy atom. The molecule has 0 aliphatic carbocycles. The Kier molecular flexibility index (Phi) is 5.59. The van der Waals surface area contributed by atoms with Gasteiger partial charge in [0.15, 0.2) is 0 Å². The molecule has 0 spiro atoms. The molecule has 0 saturated heterocycles. The third-order valence-electron chi connectivity index (χ3n) is 5.25. The molecule has 4 aromatic rings. The summed E-state index contributed by atoms with van der Waals surface area (Å²) < 4.78 is 0. The highest BCUT2D eigenvalue weighted by Crippen LogP contribution is 2.43. The van der Waals surface area contributed by atoms with Gasteiger partial charge in [-0.25, -0.2) is 4.98 Å². The molecular weight excluding hydrogens is 364 g/mol. The number of H-pyrrole nitrogens is 1. The van der Waals surface area contributed by atoms with Crippen molar-refractivity contribution < 1.29 is 0 Å². The van der Waals surface area contributed by atoms with E-state index in [1.165, 1.54) is 22.3 Å². The lowest BCUT2D eigenvalue weighted by Crippen LogP contribution is -2.32. The highest BCUT2D eigenvalue weighted by atomic mass is 35.5. The summed E-state index contributed by atoms with van der Waals surface area (Å²) in [6.45, 7) is 0. The van der Waals surface area contributed by atoms with E-state index in [0.29, 0.717) is 5.88 Å². The minimum absolute atomic E-state index is 0.503. The molecule has 28 heavy (non-hydrogen) atoms. The molecule has 0 amide bonds. The SMILES string of the molecule is ClCCCc1ccc(C(c2ccccc2)(c2ccccc2)c2ncc[nH]2)cc1. The molecule has 0 fully saturated rings. The van der Waals surface area contributed by atoms with E-state index in [-0.39, 0.29) is 0 Å². The predicted molar refractivity (Wildman–Crippen MR) is 116 cm³/mol. The molecule has 1 N–H and O–H groups in total. The van der Waals surface area contributed by atoms with Gasteiger partial charge in [-0.3, -0.25) is 0 Å². The first kappa shape index (κ1) is 18.5. The van der Waals surface area contributed by atoms with Crippen LogP contribution in [0.5, 0.6) is 0 Å². The van der Waals surface area contributed by atoms with Crippen molar-refractivity contribution in [3.05, 3.63) is 125 Å². The molecule has 1 heterocycles. The number of hydrogen-bond acceptors (Lipinski definition) is 1. The number of aryl methyl sites for hydroxylation is 1. The smallest absolute Gasteiger partial charge is 0.125 e. The fourth-order valence-corrected chi connectivity index (χ4v) is 4.08. The summed E-state index contributed by atoms with van der Waals surface area (Å²) in [4.78, 5) is 8.11. The Balaban J connectivity index is 1.96. The fourth-order valence-electron chi connectivity index (χ4n) is 3.95. The summed E-state index contributed by atoms with van der Waals surface area (Å²) in [5.41, 5.74) is 4.36. The van der Waals surface area contributed by atoms with Crippen molar-refractivity contribution in [1.82, 2.24) is 9.97 Å². The summed E-state index contributed by atoms with van der Waals surface area (Å²) in [5.74, 6) is 1.60. The Morgan fingerprint density at radius 3 is 1.82 bits per heavy atom. The van der Waals surface area contributed by atoms with Gasteiger partial charge in [0.1, 0.15) is 11.2 Å². The molecule has 140 valence electrons. The van der Waals surface area contributed by atoms with E-state index < -0.39 is 5.41 Å². The van der Waals surface area contributed by atoms with E-state index in [9.17, 15) is 0 Å².